The lowest BCUT2D eigenvalue weighted by atomic mass is 10.0. The van der Waals surface area contributed by atoms with Crippen LogP contribution in [0, 0.1) is 0 Å². The zero-order valence-electron chi connectivity index (χ0n) is 8.68. The van der Waals surface area contributed by atoms with E-state index in [1.54, 1.807) is 7.11 Å². The summed E-state index contributed by atoms with van der Waals surface area (Å²) < 4.78 is 5.18. The van der Waals surface area contributed by atoms with E-state index in [4.69, 9.17) is 9.84 Å². The second-order valence-electron chi connectivity index (χ2n) is 3.51. The molecule has 0 saturated heterocycles. The van der Waals surface area contributed by atoms with Gasteiger partial charge in [0.2, 0.25) is 0 Å². The fraction of sp³-hybridized carbons (Fsp3) is 0.231. The molecule has 0 bridgehead atoms. The van der Waals surface area contributed by atoms with Crippen molar-refractivity contribution in [1.29, 1.82) is 0 Å². The molecule has 0 spiro atoms. The summed E-state index contributed by atoms with van der Waals surface area (Å²) in [7, 11) is 1.61. The summed E-state index contributed by atoms with van der Waals surface area (Å²) in [4.78, 5) is 0. The first-order valence-corrected chi connectivity index (χ1v) is 4.97. The maximum Gasteiger partial charge on any atom is 0.105 e. The van der Waals surface area contributed by atoms with E-state index in [0.717, 1.165) is 5.56 Å². The third-order valence-electron chi connectivity index (χ3n) is 2.60. The van der Waals surface area contributed by atoms with Crippen molar-refractivity contribution in [3.8, 4) is 0 Å². The first-order chi connectivity index (χ1) is 7.35. The third-order valence-corrected chi connectivity index (χ3v) is 2.60. The first-order valence-electron chi connectivity index (χ1n) is 4.97. The van der Waals surface area contributed by atoms with E-state index in [2.05, 4.69) is 18.2 Å². The predicted molar refractivity (Wildman–Crippen MR) is 60.8 cm³/mol. The van der Waals surface area contributed by atoms with Gasteiger partial charge >= 0.3 is 0 Å². The van der Waals surface area contributed by atoms with Crippen molar-refractivity contribution in [2.24, 2.45) is 0 Å². The molecule has 0 aliphatic rings. The molecule has 2 rings (SSSR count). The Morgan fingerprint density at radius 2 is 1.87 bits per heavy atom. The Kier molecular flexibility index (Phi) is 2.99. The summed E-state index contributed by atoms with van der Waals surface area (Å²) >= 11 is 0. The van der Waals surface area contributed by atoms with Crippen molar-refractivity contribution in [2.75, 3.05) is 13.7 Å². The lowest BCUT2D eigenvalue weighted by molar-refractivity contribution is 0.0485. The minimum atomic E-state index is -0.227. The number of ether oxygens (including phenoxy) is 1. The minimum Gasteiger partial charge on any atom is -0.393 e. The standard InChI is InChI=1S/C13H14O2/c1-15-13(9-14)12-7-6-10-4-2-3-5-11(10)8-12/h2-8,13-14H,9H2,1H3. The summed E-state index contributed by atoms with van der Waals surface area (Å²) in [6.07, 6.45) is -0.227. The van der Waals surface area contributed by atoms with Gasteiger partial charge in [-0.3, -0.25) is 0 Å². The second kappa shape index (κ2) is 4.43. The molecule has 0 aliphatic carbocycles. The van der Waals surface area contributed by atoms with Gasteiger partial charge in [0.15, 0.2) is 0 Å². The van der Waals surface area contributed by atoms with Gasteiger partial charge in [0.05, 0.1) is 6.61 Å². The van der Waals surface area contributed by atoms with Crippen molar-refractivity contribution in [2.45, 2.75) is 6.10 Å². The summed E-state index contributed by atoms with van der Waals surface area (Å²) in [5.74, 6) is 0. The average Bonchev–Trinajstić information content (AvgIpc) is 2.30. The SMILES string of the molecule is COC(CO)c1ccc2ccccc2c1. The smallest absolute Gasteiger partial charge is 0.105 e. The molecule has 2 heteroatoms. The van der Waals surface area contributed by atoms with E-state index < -0.39 is 0 Å². The van der Waals surface area contributed by atoms with Crippen LogP contribution in [0.25, 0.3) is 10.8 Å². The van der Waals surface area contributed by atoms with E-state index in [9.17, 15) is 0 Å². The second-order valence-corrected chi connectivity index (χ2v) is 3.51. The molecule has 0 heterocycles. The van der Waals surface area contributed by atoms with Crippen LogP contribution in [-0.2, 0) is 4.74 Å². The minimum absolute atomic E-state index is 0.00877. The van der Waals surface area contributed by atoms with Crippen molar-refractivity contribution in [3.05, 3.63) is 48.0 Å². The summed E-state index contributed by atoms with van der Waals surface area (Å²) in [5.41, 5.74) is 1.01. The van der Waals surface area contributed by atoms with Crippen molar-refractivity contribution >= 4 is 10.8 Å². The predicted octanol–water partition coefficient (Wildman–Crippen LogP) is 2.52. The zero-order chi connectivity index (χ0) is 10.7. The highest BCUT2D eigenvalue weighted by Crippen LogP contribution is 2.21. The number of methoxy groups -OCH3 is 1. The van der Waals surface area contributed by atoms with Crippen LogP contribution >= 0.6 is 0 Å². The first kappa shape index (κ1) is 10.1. The molecule has 15 heavy (non-hydrogen) atoms. The summed E-state index contributed by atoms with van der Waals surface area (Å²) in [6, 6.07) is 14.2. The Bertz CT molecular complexity index is 447. The molecule has 2 nitrogen and oxygen atoms in total. The number of hydrogen-bond donors (Lipinski definition) is 1. The highest BCUT2D eigenvalue weighted by molar-refractivity contribution is 5.83. The summed E-state index contributed by atoms with van der Waals surface area (Å²) in [6.45, 7) is 0.00877. The van der Waals surface area contributed by atoms with E-state index >= 15 is 0 Å². The fourth-order valence-electron chi connectivity index (χ4n) is 1.72. The number of hydrogen-bond acceptors (Lipinski definition) is 2. The van der Waals surface area contributed by atoms with Crippen LogP contribution in [0.3, 0.4) is 0 Å². The van der Waals surface area contributed by atoms with Crippen LogP contribution in [0.15, 0.2) is 42.5 Å². The van der Waals surface area contributed by atoms with Crippen LogP contribution in [0.2, 0.25) is 0 Å². The van der Waals surface area contributed by atoms with Gasteiger partial charge in [0.1, 0.15) is 6.10 Å². The molecule has 2 aromatic rings. The lowest BCUT2D eigenvalue weighted by Crippen LogP contribution is -2.05. The highest BCUT2D eigenvalue weighted by Gasteiger charge is 2.08. The molecule has 0 aliphatic heterocycles. The summed E-state index contributed by atoms with van der Waals surface area (Å²) in [5, 5.41) is 11.5. The van der Waals surface area contributed by atoms with Gasteiger partial charge in [-0.15, -0.1) is 0 Å². The molecule has 0 aromatic heterocycles. The molecule has 0 amide bonds. The van der Waals surface area contributed by atoms with Crippen LogP contribution < -0.4 is 0 Å². The number of aliphatic hydroxyl groups excluding tert-OH is 1. The molecule has 1 unspecified atom stereocenters. The Balaban J connectivity index is 2.46. The molecule has 1 atom stereocenters. The number of benzene rings is 2. The quantitative estimate of drug-likeness (QED) is 0.828. The molecule has 2 aromatic carbocycles. The third kappa shape index (κ3) is 2.01. The molecule has 1 N–H and O–H groups in total. The maximum atomic E-state index is 9.13. The monoisotopic (exact) mass is 202 g/mol. The van der Waals surface area contributed by atoms with Gasteiger partial charge in [0, 0.05) is 7.11 Å². The van der Waals surface area contributed by atoms with Crippen molar-refractivity contribution in [1.82, 2.24) is 0 Å². The molecular weight excluding hydrogens is 188 g/mol. The Morgan fingerprint density at radius 1 is 1.13 bits per heavy atom. The van der Waals surface area contributed by atoms with E-state index in [0.29, 0.717) is 0 Å². The fourth-order valence-corrected chi connectivity index (χ4v) is 1.72. The van der Waals surface area contributed by atoms with Crippen molar-refractivity contribution in [3.63, 3.8) is 0 Å². The van der Waals surface area contributed by atoms with E-state index in [1.165, 1.54) is 10.8 Å². The van der Waals surface area contributed by atoms with Crippen LogP contribution in [0.5, 0.6) is 0 Å². The number of rotatable bonds is 3. The lowest BCUT2D eigenvalue weighted by Gasteiger charge is -2.13. The van der Waals surface area contributed by atoms with Gasteiger partial charge in [-0.1, -0.05) is 36.4 Å². The van der Waals surface area contributed by atoms with Crippen LogP contribution in [-0.4, -0.2) is 18.8 Å². The van der Waals surface area contributed by atoms with Gasteiger partial charge in [-0.2, -0.15) is 0 Å². The van der Waals surface area contributed by atoms with E-state index in [1.807, 2.05) is 24.3 Å². The molecule has 0 radical (unpaired) electrons. The van der Waals surface area contributed by atoms with Gasteiger partial charge in [-0.05, 0) is 22.4 Å². The Morgan fingerprint density at radius 3 is 2.53 bits per heavy atom. The molecule has 78 valence electrons. The number of aliphatic hydroxyl groups is 1. The average molecular weight is 202 g/mol. The Hall–Kier alpha value is -1.38. The van der Waals surface area contributed by atoms with Gasteiger partial charge in [0.25, 0.3) is 0 Å². The van der Waals surface area contributed by atoms with Gasteiger partial charge in [-0.25, -0.2) is 0 Å². The molecule has 0 saturated carbocycles. The molecule has 0 fully saturated rings. The normalized spacial score (nSPS) is 12.9. The van der Waals surface area contributed by atoms with Gasteiger partial charge < -0.3 is 9.84 Å². The zero-order valence-corrected chi connectivity index (χ0v) is 8.68. The van der Waals surface area contributed by atoms with E-state index in [-0.39, 0.29) is 12.7 Å². The number of fused-ring (bicyclic) bond motifs is 1. The van der Waals surface area contributed by atoms with Crippen LogP contribution in [0.1, 0.15) is 11.7 Å². The maximum absolute atomic E-state index is 9.13. The molecular formula is C13H14O2. The van der Waals surface area contributed by atoms with Crippen molar-refractivity contribution < 1.29 is 9.84 Å². The van der Waals surface area contributed by atoms with Crippen LogP contribution in [0.4, 0.5) is 0 Å². The Labute approximate surface area is 89.1 Å². The topological polar surface area (TPSA) is 29.5 Å². The largest absolute Gasteiger partial charge is 0.393 e. The highest BCUT2D eigenvalue weighted by atomic mass is 16.5.